The summed E-state index contributed by atoms with van der Waals surface area (Å²) in [4.78, 5) is 23.5. The van der Waals surface area contributed by atoms with Crippen LogP contribution < -0.4 is 11.5 Å². The molecular formula is C18H31N6O4S+. The van der Waals surface area contributed by atoms with E-state index in [0.717, 1.165) is 5.75 Å². The summed E-state index contributed by atoms with van der Waals surface area (Å²) < 4.78 is 7.49. The lowest BCUT2D eigenvalue weighted by atomic mass is 10.1. The number of aromatic nitrogens is 4. The Bertz CT molecular complexity index is 819. The van der Waals surface area contributed by atoms with Crippen molar-refractivity contribution in [2.75, 3.05) is 23.5 Å². The second kappa shape index (κ2) is 10.3. The zero-order valence-corrected chi connectivity index (χ0v) is 18.0. The minimum atomic E-state index is -1.12. The number of aliphatic hydroxyl groups is 2. The SMILES string of the molecule is CC.CC(=O)[C@@H](N)CC[S+](C)C[C@H]1O[C@@H](n2cnc3c(N)ncnc32)[C@H](O)[C@@H]1O. The molecule has 0 spiro atoms. The molecule has 1 saturated heterocycles. The molecule has 162 valence electrons. The van der Waals surface area contributed by atoms with Gasteiger partial charge in [0.1, 0.15) is 47.4 Å². The second-order valence-electron chi connectivity index (χ2n) is 6.79. The first-order chi connectivity index (χ1) is 13.8. The van der Waals surface area contributed by atoms with Gasteiger partial charge in [-0.05, 0) is 17.8 Å². The fraction of sp³-hybridized carbons (Fsp3) is 0.667. The van der Waals surface area contributed by atoms with Crippen LogP contribution in [0.25, 0.3) is 11.2 Å². The average molecular weight is 428 g/mol. The van der Waals surface area contributed by atoms with E-state index in [2.05, 4.69) is 15.0 Å². The van der Waals surface area contributed by atoms with E-state index in [4.69, 9.17) is 16.2 Å². The normalized spacial score (nSPS) is 26.0. The molecule has 11 heteroatoms. The van der Waals surface area contributed by atoms with Crippen LogP contribution in [0.4, 0.5) is 5.82 Å². The predicted octanol–water partition coefficient (Wildman–Crippen LogP) is -0.392. The lowest BCUT2D eigenvalue weighted by Crippen LogP contribution is -2.37. The Kier molecular flexibility index (Phi) is 8.34. The van der Waals surface area contributed by atoms with Crippen molar-refractivity contribution in [1.82, 2.24) is 19.5 Å². The van der Waals surface area contributed by atoms with E-state index in [1.54, 1.807) is 4.57 Å². The lowest BCUT2D eigenvalue weighted by Gasteiger charge is -2.16. The van der Waals surface area contributed by atoms with Crippen LogP contribution in [0.5, 0.6) is 0 Å². The molecule has 3 rings (SSSR count). The summed E-state index contributed by atoms with van der Waals surface area (Å²) in [6.07, 6.45) is 1.88. The minimum Gasteiger partial charge on any atom is -0.387 e. The Morgan fingerprint density at radius 1 is 1.31 bits per heavy atom. The maximum Gasteiger partial charge on any atom is 0.167 e. The summed E-state index contributed by atoms with van der Waals surface area (Å²) in [7, 11) is -0.124. The second-order valence-corrected chi connectivity index (χ2v) is 9.09. The molecule has 0 aromatic carbocycles. The summed E-state index contributed by atoms with van der Waals surface area (Å²) in [5.41, 5.74) is 12.4. The standard InChI is InChI=1S/C16H25N6O4S.C2H6/c1-8(23)9(17)3-4-27(2)5-10-12(24)13(25)16(26-10)22-7-21-11-14(18)19-6-20-15(11)22;1-2/h6-7,9-10,12-13,16,24-25H,3-5,17H2,1-2H3,(H2,18,19,20);1-2H3/q+1;/t9-,10+,12+,13+,16+,27?;/m0./s1. The van der Waals surface area contributed by atoms with E-state index in [0.29, 0.717) is 23.3 Å². The zero-order chi connectivity index (χ0) is 21.7. The van der Waals surface area contributed by atoms with E-state index >= 15 is 0 Å². The first-order valence-electron chi connectivity index (χ1n) is 9.59. The van der Waals surface area contributed by atoms with E-state index in [1.165, 1.54) is 19.6 Å². The van der Waals surface area contributed by atoms with Gasteiger partial charge in [0.15, 0.2) is 17.7 Å². The Morgan fingerprint density at radius 2 is 2.00 bits per heavy atom. The van der Waals surface area contributed by atoms with Crippen molar-refractivity contribution in [2.45, 2.75) is 57.8 Å². The van der Waals surface area contributed by atoms with Gasteiger partial charge in [0.25, 0.3) is 0 Å². The number of aliphatic hydroxyl groups excluding tert-OH is 2. The Balaban J connectivity index is 0.00000145. The molecule has 1 unspecified atom stereocenters. The number of imidazole rings is 1. The van der Waals surface area contributed by atoms with E-state index in [9.17, 15) is 15.0 Å². The van der Waals surface area contributed by atoms with Gasteiger partial charge in [0.05, 0.1) is 18.6 Å². The van der Waals surface area contributed by atoms with Crippen molar-refractivity contribution >= 4 is 33.7 Å². The number of nitrogens with zero attached hydrogens (tertiary/aromatic N) is 4. The van der Waals surface area contributed by atoms with Gasteiger partial charge >= 0.3 is 0 Å². The number of carbonyl (C=O) groups is 1. The summed E-state index contributed by atoms with van der Waals surface area (Å²) >= 11 is 0. The highest BCUT2D eigenvalue weighted by molar-refractivity contribution is 7.96. The molecule has 2 aromatic rings. The van der Waals surface area contributed by atoms with E-state index in [-0.39, 0.29) is 22.5 Å². The molecular weight excluding hydrogens is 396 g/mol. The summed E-state index contributed by atoms with van der Waals surface area (Å²) in [5.74, 6) is 1.52. The number of hydrogen-bond donors (Lipinski definition) is 4. The highest BCUT2D eigenvalue weighted by Crippen LogP contribution is 2.32. The van der Waals surface area contributed by atoms with Crippen molar-refractivity contribution in [3.05, 3.63) is 12.7 Å². The maximum atomic E-state index is 11.3. The van der Waals surface area contributed by atoms with Gasteiger partial charge in [-0.25, -0.2) is 15.0 Å². The Morgan fingerprint density at radius 3 is 2.66 bits per heavy atom. The number of rotatable bonds is 7. The van der Waals surface area contributed by atoms with Gasteiger partial charge in [-0.15, -0.1) is 0 Å². The van der Waals surface area contributed by atoms with Gasteiger partial charge in [-0.1, -0.05) is 13.8 Å². The highest BCUT2D eigenvalue weighted by atomic mass is 32.2. The number of ketones is 1. The lowest BCUT2D eigenvalue weighted by molar-refractivity contribution is -0.118. The molecule has 0 radical (unpaired) electrons. The van der Waals surface area contributed by atoms with E-state index < -0.39 is 30.6 Å². The predicted molar refractivity (Wildman–Crippen MR) is 113 cm³/mol. The van der Waals surface area contributed by atoms with Crippen LogP contribution in [-0.2, 0) is 20.4 Å². The van der Waals surface area contributed by atoms with Crippen LogP contribution in [0.15, 0.2) is 12.7 Å². The quantitative estimate of drug-likeness (QED) is 0.431. The summed E-state index contributed by atoms with van der Waals surface area (Å²) in [6, 6.07) is -0.463. The van der Waals surface area contributed by atoms with Gasteiger partial charge in [-0.3, -0.25) is 9.36 Å². The fourth-order valence-electron chi connectivity index (χ4n) is 3.05. The molecule has 0 bridgehead atoms. The number of nitrogen functional groups attached to an aromatic ring is 1. The molecule has 1 fully saturated rings. The molecule has 0 aliphatic carbocycles. The van der Waals surface area contributed by atoms with Crippen molar-refractivity contribution in [3.63, 3.8) is 0 Å². The number of anilines is 1. The molecule has 1 aliphatic heterocycles. The van der Waals surface area contributed by atoms with Crippen LogP contribution >= 0.6 is 0 Å². The third-order valence-corrected chi connectivity index (χ3v) is 6.58. The van der Waals surface area contributed by atoms with Gasteiger partial charge in [0, 0.05) is 6.42 Å². The molecule has 1 aliphatic rings. The summed E-state index contributed by atoms with van der Waals surface area (Å²) in [6.45, 7) is 5.48. The maximum absolute atomic E-state index is 11.3. The van der Waals surface area contributed by atoms with Crippen molar-refractivity contribution in [1.29, 1.82) is 0 Å². The van der Waals surface area contributed by atoms with Crippen LogP contribution in [0.1, 0.15) is 33.4 Å². The molecule has 29 heavy (non-hydrogen) atoms. The highest BCUT2D eigenvalue weighted by Gasteiger charge is 2.46. The van der Waals surface area contributed by atoms with Crippen LogP contribution in [0.3, 0.4) is 0 Å². The van der Waals surface area contributed by atoms with Gasteiger partial charge in [-0.2, -0.15) is 0 Å². The smallest absolute Gasteiger partial charge is 0.167 e. The topological polar surface area (TPSA) is 162 Å². The van der Waals surface area contributed by atoms with Crippen LogP contribution in [0.2, 0.25) is 0 Å². The van der Waals surface area contributed by atoms with Crippen LogP contribution in [0, 0.1) is 0 Å². The number of hydrogen-bond acceptors (Lipinski definition) is 9. The molecule has 6 atom stereocenters. The van der Waals surface area contributed by atoms with Gasteiger partial charge < -0.3 is 26.4 Å². The summed E-state index contributed by atoms with van der Waals surface area (Å²) in [5, 5.41) is 20.9. The third kappa shape index (κ3) is 5.23. The monoisotopic (exact) mass is 427 g/mol. The molecule has 3 heterocycles. The number of carbonyl (C=O) groups excluding carboxylic acids is 1. The third-order valence-electron chi connectivity index (χ3n) is 4.75. The fourth-order valence-corrected chi connectivity index (χ4v) is 4.71. The van der Waals surface area contributed by atoms with Crippen LogP contribution in [-0.4, -0.2) is 77.6 Å². The molecule has 2 aromatic heterocycles. The molecule has 0 amide bonds. The number of nitrogens with two attached hydrogens (primary N) is 2. The van der Waals surface area contributed by atoms with E-state index in [1.807, 2.05) is 20.1 Å². The van der Waals surface area contributed by atoms with Crippen molar-refractivity contribution in [3.8, 4) is 0 Å². The first-order valence-corrected chi connectivity index (χ1v) is 11.6. The zero-order valence-electron chi connectivity index (χ0n) is 17.2. The Hall–Kier alpha value is -1.79. The first kappa shape index (κ1) is 23.5. The average Bonchev–Trinajstić information content (AvgIpc) is 3.25. The largest absolute Gasteiger partial charge is 0.387 e. The number of Topliss-reactive ketones (excluding diaryl/α,β-unsaturated/α-hetero) is 1. The molecule has 10 nitrogen and oxygen atoms in total. The van der Waals surface area contributed by atoms with Crippen molar-refractivity contribution < 1.29 is 19.7 Å². The Labute approximate surface area is 173 Å². The molecule has 6 N–H and O–H groups in total. The number of fused-ring (bicyclic) bond motifs is 1. The minimum absolute atomic E-state index is 0.0344. The molecule has 0 saturated carbocycles. The number of ether oxygens (including phenoxy) is 1. The van der Waals surface area contributed by atoms with Gasteiger partial charge in [0.2, 0.25) is 0 Å². The van der Waals surface area contributed by atoms with Crippen molar-refractivity contribution in [2.24, 2.45) is 5.73 Å².